The Morgan fingerprint density at radius 1 is 0.800 bits per heavy atom. The first kappa shape index (κ1) is 37.6. The standard InChI is InChI=1S/C16H22N2O4.C12H14ClNO4.C4H9N/c1-2-10-21-13-14-12-15(18(19)20)5-6-16(14)22-11-9-17-7-3-4-8-17;1-2-6-17-9-10-8-11(14(15)16)3-4-12(10)18-7-5-13;1-2-4-5-3-1/h2,5-6,12H,1,3-4,7-11,13H2;2-4,8H,1,5-7,9H2;5H,1-4H2. The number of likely N-dealkylation sites (tertiary alicyclic amines) is 1. The van der Waals surface area contributed by atoms with E-state index in [0.717, 1.165) is 19.6 Å². The number of hydrogen-bond acceptors (Lipinski definition) is 10. The van der Waals surface area contributed by atoms with Gasteiger partial charge in [-0.2, -0.15) is 0 Å². The molecule has 0 amide bonds. The van der Waals surface area contributed by atoms with Gasteiger partial charge in [-0.3, -0.25) is 25.1 Å². The Kier molecular flexibility index (Phi) is 19.1. The second-order valence-corrected chi connectivity index (χ2v) is 10.5. The highest BCUT2D eigenvalue weighted by Gasteiger charge is 2.15. The predicted octanol–water partition coefficient (Wildman–Crippen LogP) is 6.06. The second kappa shape index (κ2) is 22.9. The molecule has 0 aromatic heterocycles. The molecule has 2 saturated heterocycles. The first-order chi connectivity index (χ1) is 21.9. The van der Waals surface area contributed by atoms with Gasteiger partial charge in [0, 0.05) is 41.9 Å². The van der Waals surface area contributed by atoms with Gasteiger partial charge in [0.1, 0.15) is 24.7 Å². The zero-order chi connectivity index (χ0) is 32.7. The summed E-state index contributed by atoms with van der Waals surface area (Å²) >= 11 is 5.53. The summed E-state index contributed by atoms with van der Waals surface area (Å²) in [5.74, 6) is 1.54. The van der Waals surface area contributed by atoms with Crippen LogP contribution in [0.5, 0.6) is 11.5 Å². The third-order valence-corrected chi connectivity index (χ3v) is 6.81. The Balaban J connectivity index is 0.000000275. The molecule has 4 rings (SSSR count). The Hall–Kier alpha value is -3.55. The van der Waals surface area contributed by atoms with E-state index in [0.29, 0.717) is 54.9 Å². The summed E-state index contributed by atoms with van der Waals surface area (Å²) in [6, 6.07) is 9.00. The van der Waals surface area contributed by atoms with E-state index in [9.17, 15) is 20.2 Å². The molecule has 0 aliphatic carbocycles. The van der Waals surface area contributed by atoms with Crippen molar-refractivity contribution in [1.82, 2.24) is 10.2 Å². The molecule has 2 aliphatic heterocycles. The van der Waals surface area contributed by atoms with Gasteiger partial charge >= 0.3 is 0 Å². The van der Waals surface area contributed by atoms with Crippen molar-refractivity contribution in [2.75, 3.05) is 65.0 Å². The SMILES string of the molecule is C1CCNC1.C=CCOCc1cc([N+](=O)[O-])ccc1OCCCl.C=CCOCc1cc([N+](=O)[O-])ccc1OCCN1CCCC1. The largest absolute Gasteiger partial charge is 0.492 e. The maximum atomic E-state index is 10.9. The van der Waals surface area contributed by atoms with Gasteiger partial charge in [-0.05, 0) is 64.0 Å². The van der Waals surface area contributed by atoms with E-state index >= 15 is 0 Å². The molecular weight excluding hydrogens is 604 g/mol. The topological polar surface area (TPSA) is 138 Å². The zero-order valence-corrected chi connectivity index (χ0v) is 26.6. The molecule has 2 aliphatic rings. The zero-order valence-electron chi connectivity index (χ0n) is 25.8. The van der Waals surface area contributed by atoms with E-state index in [2.05, 4.69) is 23.4 Å². The van der Waals surface area contributed by atoms with Crippen molar-refractivity contribution in [1.29, 1.82) is 0 Å². The lowest BCUT2D eigenvalue weighted by Crippen LogP contribution is -2.25. The molecule has 45 heavy (non-hydrogen) atoms. The number of non-ortho nitro benzene ring substituents is 2. The van der Waals surface area contributed by atoms with Crippen LogP contribution in [0.4, 0.5) is 11.4 Å². The molecule has 2 aromatic rings. The highest BCUT2D eigenvalue weighted by atomic mass is 35.5. The Morgan fingerprint density at radius 3 is 1.69 bits per heavy atom. The van der Waals surface area contributed by atoms with E-state index in [1.165, 1.54) is 63.0 Å². The summed E-state index contributed by atoms with van der Waals surface area (Å²) in [6.45, 7) is 14.9. The van der Waals surface area contributed by atoms with Crippen LogP contribution in [0.2, 0.25) is 0 Å². The van der Waals surface area contributed by atoms with Crippen molar-refractivity contribution >= 4 is 23.0 Å². The van der Waals surface area contributed by atoms with E-state index in [1.807, 2.05) is 0 Å². The number of benzene rings is 2. The fourth-order valence-corrected chi connectivity index (χ4v) is 4.51. The van der Waals surface area contributed by atoms with Gasteiger partial charge in [-0.25, -0.2) is 0 Å². The highest BCUT2D eigenvalue weighted by Crippen LogP contribution is 2.26. The van der Waals surface area contributed by atoms with E-state index in [-0.39, 0.29) is 24.6 Å². The van der Waals surface area contributed by atoms with Crippen LogP contribution in [0.3, 0.4) is 0 Å². The van der Waals surface area contributed by atoms with E-state index in [4.69, 9.17) is 30.5 Å². The number of ether oxygens (including phenoxy) is 4. The Bertz CT molecular complexity index is 1180. The molecule has 2 aromatic carbocycles. The van der Waals surface area contributed by atoms with Crippen LogP contribution < -0.4 is 14.8 Å². The minimum absolute atomic E-state index is 0.00502. The molecule has 2 fully saturated rings. The van der Waals surface area contributed by atoms with Crippen LogP contribution >= 0.6 is 11.6 Å². The average molecular weight is 649 g/mol. The van der Waals surface area contributed by atoms with Gasteiger partial charge in [0.25, 0.3) is 11.4 Å². The van der Waals surface area contributed by atoms with Gasteiger partial charge in [0.2, 0.25) is 0 Å². The van der Waals surface area contributed by atoms with Gasteiger partial charge in [0.05, 0.1) is 42.2 Å². The normalized spacial score (nSPS) is 14.0. The van der Waals surface area contributed by atoms with Crippen molar-refractivity contribution in [3.8, 4) is 11.5 Å². The molecule has 0 radical (unpaired) electrons. The second-order valence-electron chi connectivity index (χ2n) is 10.1. The third-order valence-electron chi connectivity index (χ3n) is 6.65. The van der Waals surface area contributed by atoms with Crippen molar-refractivity contribution in [2.24, 2.45) is 0 Å². The molecule has 1 N–H and O–H groups in total. The first-order valence-electron chi connectivity index (χ1n) is 15.1. The molecular formula is C32H45ClN4O8. The molecule has 248 valence electrons. The smallest absolute Gasteiger partial charge is 0.270 e. The summed E-state index contributed by atoms with van der Waals surface area (Å²) in [4.78, 5) is 23.1. The fraction of sp³-hybridized carbons (Fsp3) is 0.500. The summed E-state index contributed by atoms with van der Waals surface area (Å²) in [5.41, 5.74) is 1.36. The average Bonchev–Trinajstić information content (AvgIpc) is 3.79. The van der Waals surface area contributed by atoms with Crippen LogP contribution in [-0.4, -0.2) is 79.8 Å². The van der Waals surface area contributed by atoms with Crippen LogP contribution in [0.1, 0.15) is 36.8 Å². The molecule has 0 bridgehead atoms. The van der Waals surface area contributed by atoms with Gasteiger partial charge in [0.15, 0.2) is 0 Å². The minimum atomic E-state index is -0.456. The van der Waals surface area contributed by atoms with Crippen molar-refractivity contribution in [3.63, 3.8) is 0 Å². The quantitative estimate of drug-likeness (QED) is 0.0708. The summed E-state index contributed by atoms with van der Waals surface area (Å²) in [5, 5.41) is 24.8. The lowest BCUT2D eigenvalue weighted by atomic mass is 10.2. The van der Waals surface area contributed by atoms with Crippen LogP contribution in [0.15, 0.2) is 61.7 Å². The lowest BCUT2D eigenvalue weighted by Gasteiger charge is -2.16. The van der Waals surface area contributed by atoms with Crippen LogP contribution in [0, 0.1) is 20.2 Å². The number of nitro groups is 2. The van der Waals surface area contributed by atoms with Crippen LogP contribution in [0.25, 0.3) is 0 Å². The maximum absolute atomic E-state index is 10.9. The van der Waals surface area contributed by atoms with Gasteiger partial charge in [-0.15, -0.1) is 24.8 Å². The first-order valence-corrected chi connectivity index (χ1v) is 15.6. The van der Waals surface area contributed by atoms with E-state index < -0.39 is 9.85 Å². The lowest BCUT2D eigenvalue weighted by molar-refractivity contribution is -0.385. The van der Waals surface area contributed by atoms with Crippen LogP contribution in [-0.2, 0) is 22.7 Å². The Labute approximate surface area is 270 Å². The van der Waals surface area contributed by atoms with Gasteiger partial charge < -0.3 is 24.3 Å². The number of nitro benzene ring substituents is 2. The third kappa shape index (κ3) is 15.3. The number of nitrogens with one attached hydrogen (secondary N) is 1. The number of hydrogen-bond donors (Lipinski definition) is 1. The molecule has 12 nitrogen and oxygen atoms in total. The van der Waals surface area contributed by atoms with Gasteiger partial charge in [-0.1, -0.05) is 12.2 Å². The number of nitrogens with zero attached hydrogens (tertiary/aromatic N) is 3. The molecule has 13 heteroatoms. The van der Waals surface area contributed by atoms with Crippen molar-refractivity contribution < 1.29 is 28.8 Å². The molecule has 0 saturated carbocycles. The number of alkyl halides is 1. The van der Waals surface area contributed by atoms with Crippen molar-refractivity contribution in [3.05, 3.63) is 93.1 Å². The summed E-state index contributed by atoms with van der Waals surface area (Å²) < 4.78 is 21.8. The minimum Gasteiger partial charge on any atom is -0.492 e. The molecule has 0 atom stereocenters. The summed E-state index contributed by atoms with van der Waals surface area (Å²) in [7, 11) is 0. The monoisotopic (exact) mass is 648 g/mol. The number of rotatable bonds is 17. The Morgan fingerprint density at radius 2 is 1.29 bits per heavy atom. The maximum Gasteiger partial charge on any atom is 0.270 e. The summed E-state index contributed by atoms with van der Waals surface area (Å²) in [6.07, 6.45) is 8.53. The molecule has 2 heterocycles. The number of halogens is 1. The van der Waals surface area contributed by atoms with E-state index in [1.54, 1.807) is 24.3 Å². The fourth-order valence-electron chi connectivity index (χ4n) is 4.43. The van der Waals surface area contributed by atoms with Crippen molar-refractivity contribution in [2.45, 2.75) is 38.9 Å². The highest BCUT2D eigenvalue weighted by molar-refractivity contribution is 6.18. The molecule has 0 spiro atoms. The predicted molar refractivity (Wildman–Crippen MR) is 175 cm³/mol. The molecule has 0 unspecified atom stereocenters.